The van der Waals surface area contributed by atoms with Crippen LogP contribution in [0.3, 0.4) is 0 Å². The molecule has 1 N–H and O–H groups in total. The van der Waals surface area contributed by atoms with Crippen molar-refractivity contribution in [3.8, 4) is 0 Å². The van der Waals surface area contributed by atoms with Crippen LogP contribution < -0.4 is 5.32 Å². The number of nitrogens with zero attached hydrogens (tertiary/aromatic N) is 2. The summed E-state index contributed by atoms with van der Waals surface area (Å²) in [6, 6.07) is 0.694. The van der Waals surface area contributed by atoms with Gasteiger partial charge in [0, 0.05) is 31.4 Å². The maximum absolute atomic E-state index is 4.54. The average molecular weight is 249 g/mol. The van der Waals surface area contributed by atoms with E-state index < -0.39 is 0 Å². The second-order valence-electron chi connectivity index (χ2n) is 5.40. The zero-order valence-corrected chi connectivity index (χ0v) is 11.9. The van der Waals surface area contributed by atoms with Crippen molar-refractivity contribution in [2.75, 3.05) is 6.54 Å². The van der Waals surface area contributed by atoms with Crippen molar-refractivity contribution in [2.45, 2.75) is 65.0 Å². The van der Waals surface area contributed by atoms with E-state index in [2.05, 4.69) is 34.9 Å². The Morgan fingerprint density at radius 3 is 2.89 bits per heavy atom. The van der Waals surface area contributed by atoms with E-state index in [1.54, 1.807) is 0 Å². The minimum atomic E-state index is 0.694. The molecule has 0 spiro atoms. The molecule has 2 unspecified atom stereocenters. The summed E-state index contributed by atoms with van der Waals surface area (Å²) in [5.74, 6) is 2.03. The molecule has 1 aliphatic carbocycles. The third-order valence-electron chi connectivity index (χ3n) is 4.21. The number of rotatable bonds is 5. The smallest absolute Gasteiger partial charge is 0.108 e. The molecule has 1 aliphatic rings. The van der Waals surface area contributed by atoms with Gasteiger partial charge < -0.3 is 9.88 Å². The van der Waals surface area contributed by atoms with Crippen LogP contribution in [-0.2, 0) is 13.0 Å². The number of hydrogen-bond acceptors (Lipinski definition) is 2. The highest BCUT2D eigenvalue weighted by Gasteiger charge is 2.24. The van der Waals surface area contributed by atoms with Crippen molar-refractivity contribution in [3.05, 3.63) is 18.2 Å². The summed E-state index contributed by atoms with van der Waals surface area (Å²) >= 11 is 0. The lowest BCUT2D eigenvalue weighted by Gasteiger charge is -2.25. The first-order valence-electron chi connectivity index (χ1n) is 7.58. The van der Waals surface area contributed by atoms with Crippen molar-refractivity contribution in [1.29, 1.82) is 0 Å². The molecule has 3 heteroatoms. The van der Waals surface area contributed by atoms with E-state index >= 15 is 0 Å². The zero-order chi connectivity index (χ0) is 12.8. The summed E-state index contributed by atoms with van der Waals surface area (Å²) in [7, 11) is 0. The summed E-state index contributed by atoms with van der Waals surface area (Å²) < 4.78 is 2.29. The molecule has 2 atom stereocenters. The summed E-state index contributed by atoms with van der Waals surface area (Å²) in [6.07, 6.45) is 12.1. The Bertz CT molecular complexity index is 345. The van der Waals surface area contributed by atoms with Crippen LogP contribution in [0, 0.1) is 5.92 Å². The standard InChI is InChI=1S/C15H27N3/c1-3-16-14-9-7-5-6-8-13(14)12-15-17-10-11-18(15)4-2/h10-11,13-14,16H,3-9,12H2,1-2H3. The lowest BCUT2D eigenvalue weighted by atomic mass is 9.91. The van der Waals surface area contributed by atoms with Gasteiger partial charge in [0.15, 0.2) is 0 Å². The van der Waals surface area contributed by atoms with E-state index in [1.165, 1.54) is 37.9 Å². The van der Waals surface area contributed by atoms with Gasteiger partial charge in [-0.05, 0) is 32.2 Å². The van der Waals surface area contributed by atoms with Gasteiger partial charge in [-0.3, -0.25) is 0 Å². The molecule has 1 saturated carbocycles. The number of nitrogens with one attached hydrogen (secondary N) is 1. The lowest BCUT2D eigenvalue weighted by Crippen LogP contribution is -2.36. The topological polar surface area (TPSA) is 29.9 Å². The Morgan fingerprint density at radius 1 is 1.28 bits per heavy atom. The molecule has 0 amide bonds. The monoisotopic (exact) mass is 249 g/mol. The first-order valence-corrected chi connectivity index (χ1v) is 7.58. The van der Waals surface area contributed by atoms with Crippen molar-refractivity contribution >= 4 is 0 Å². The van der Waals surface area contributed by atoms with E-state index in [-0.39, 0.29) is 0 Å². The van der Waals surface area contributed by atoms with Gasteiger partial charge in [-0.1, -0.05) is 26.2 Å². The molecular weight excluding hydrogens is 222 g/mol. The molecule has 0 aromatic carbocycles. The van der Waals surface area contributed by atoms with Crippen LogP contribution in [0.2, 0.25) is 0 Å². The molecule has 102 valence electrons. The van der Waals surface area contributed by atoms with Crippen LogP contribution in [0.4, 0.5) is 0 Å². The summed E-state index contributed by atoms with van der Waals surface area (Å²) in [4.78, 5) is 4.54. The first-order chi connectivity index (χ1) is 8.85. The zero-order valence-electron chi connectivity index (χ0n) is 11.9. The molecule has 0 aliphatic heterocycles. The van der Waals surface area contributed by atoms with Gasteiger partial charge in [-0.25, -0.2) is 4.98 Å². The van der Waals surface area contributed by atoms with E-state index in [0.29, 0.717) is 6.04 Å². The fourth-order valence-corrected chi connectivity index (χ4v) is 3.21. The van der Waals surface area contributed by atoms with Crippen LogP contribution in [0.15, 0.2) is 12.4 Å². The Balaban J connectivity index is 2.03. The van der Waals surface area contributed by atoms with Gasteiger partial charge in [-0.2, -0.15) is 0 Å². The summed E-state index contributed by atoms with van der Waals surface area (Å²) in [5.41, 5.74) is 0. The Kier molecular flexibility index (Phi) is 5.24. The van der Waals surface area contributed by atoms with Gasteiger partial charge in [0.2, 0.25) is 0 Å². The highest BCUT2D eigenvalue weighted by Crippen LogP contribution is 2.26. The maximum Gasteiger partial charge on any atom is 0.108 e. The average Bonchev–Trinajstić information content (AvgIpc) is 2.72. The molecule has 1 fully saturated rings. The predicted molar refractivity (Wildman–Crippen MR) is 75.6 cm³/mol. The summed E-state index contributed by atoms with van der Waals surface area (Å²) in [6.45, 7) is 6.53. The SMILES string of the molecule is CCNC1CCCCCC1Cc1nccn1CC. The maximum atomic E-state index is 4.54. The van der Waals surface area contributed by atoms with Crippen molar-refractivity contribution in [2.24, 2.45) is 5.92 Å². The molecule has 1 aromatic heterocycles. The van der Waals surface area contributed by atoms with Gasteiger partial charge in [-0.15, -0.1) is 0 Å². The predicted octanol–water partition coefficient (Wildman–Crippen LogP) is 3.00. The van der Waals surface area contributed by atoms with Crippen molar-refractivity contribution in [1.82, 2.24) is 14.9 Å². The van der Waals surface area contributed by atoms with Gasteiger partial charge in [0.25, 0.3) is 0 Å². The van der Waals surface area contributed by atoms with E-state index in [4.69, 9.17) is 0 Å². The fraction of sp³-hybridized carbons (Fsp3) is 0.800. The molecule has 3 nitrogen and oxygen atoms in total. The molecule has 0 saturated heterocycles. The second kappa shape index (κ2) is 6.93. The van der Waals surface area contributed by atoms with Crippen molar-refractivity contribution in [3.63, 3.8) is 0 Å². The number of imidazole rings is 1. The van der Waals surface area contributed by atoms with Crippen LogP contribution >= 0.6 is 0 Å². The quantitative estimate of drug-likeness (QED) is 0.813. The minimum Gasteiger partial charge on any atom is -0.335 e. The highest BCUT2D eigenvalue weighted by atomic mass is 15.1. The van der Waals surface area contributed by atoms with Crippen molar-refractivity contribution < 1.29 is 0 Å². The van der Waals surface area contributed by atoms with Crippen LogP contribution in [0.5, 0.6) is 0 Å². The van der Waals surface area contributed by atoms with Crippen LogP contribution in [-0.4, -0.2) is 22.1 Å². The molecule has 1 aromatic rings. The van der Waals surface area contributed by atoms with Gasteiger partial charge >= 0.3 is 0 Å². The highest BCUT2D eigenvalue weighted by molar-refractivity contribution is 4.96. The minimum absolute atomic E-state index is 0.694. The molecule has 0 bridgehead atoms. The second-order valence-corrected chi connectivity index (χ2v) is 5.40. The van der Waals surface area contributed by atoms with Gasteiger partial charge in [0.05, 0.1) is 0 Å². The molecule has 1 heterocycles. The Labute approximate surface area is 111 Å². The molecule has 2 rings (SSSR count). The molecule has 0 radical (unpaired) electrons. The molecule has 18 heavy (non-hydrogen) atoms. The molecular formula is C15H27N3. The largest absolute Gasteiger partial charge is 0.335 e. The third kappa shape index (κ3) is 3.35. The first kappa shape index (κ1) is 13.6. The number of aromatic nitrogens is 2. The Hall–Kier alpha value is -0.830. The van der Waals surface area contributed by atoms with E-state index in [0.717, 1.165) is 25.4 Å². The number of hydrogen-bond donors (Lipinski definition) is 1. The van der Waals surface area contributed by atoms with Crippen LogP contribution in [0.25, 0.3) is 0 Å². The third-order valence-corrected chi connectivity index (χ3v) is 4.21. The number of aryl methyl sites for hydroxylation is 1. The van der Waals surface area contributed by atoms with Crippen LogP contribution in [0.1, 0.15) is 51.8 Å². The fourth-order valence-electron chi connectivity index (χ4n) is 3.21. The van der Waals surface area contributed by atoms with E-state index in [1.807, 2.05) is 6.20 Å². The van der Waals surface area contributed by atoms with E-state index in [9.17, 15) is 0 Å². The Morgan fingerprint density at radius 2 is 2.11 bits per heavy atom. The lowest BCUT2D eigenvalue weighted by molar-refractivity contribution is 0.329. The normalized spacial score (nSPS) is 25.0. The summed E-state index contributed by atoms with van der Waals surface area (Å²) in [5, 5.41) is 3.69. The van der Waals surface area contributed by atoms with Gasteiger partial charge in [0.1, 0.15) is 5.82 Å².